The molecule has 4 rings (SSSR count). The average molecular weight is 370 g/mol. The van der Waals surface area contributed by atoms with Crippen LogP contribution in [0.25, 0.3) is 10.7 Å². The Labute approximate surface area is 152 Å². The third kappa shape index (κ3) is 3.10. The molecular weight excluding hydrogens is 356 g/mol. The Morgan fingerprint density at radius 3 is 3.04 bits per heavy atom. The van der Waals surface area contributed by atoms with Crippen molar-refractivity contribution >= 4 is 40.5 Å². The average Bonchev–Trinajstić information content (AvgIpc) is 3.34. The van der Waals surface area contributed by atoms with Gasteiger partial charge in [0.05, 0.1) is 16.5 Å². The van der Waals surface area contributed by atoms with Gasteiger partial charge in [0.1, 0.15) is 0 Å². The molecule has 3 aromatic rings. The molecule has 8 heteroatoms. The fourth-order valence-electron chi connectivity index (χ4n) is 2.64. The van der Waals surface area contributed by atoms with Crippen molar-refractivity contribution in [1.29, 1.82) is 0 Å². The van der Waals surface area contributed by atoms with Gasteiger partial charge >= 0.3 is 0 Å². The molecule has 1 atom stereocenters. The van der Waals surface area contributed by atoms with Crippen LogP contribution in [-0.4, -0.2) is 32.6 Å². The second-order valence-electron chi connectivity index (χ2n) is 5.67. The zero-order valence-corrected chi connectivity index (χ0v) is 14.9. The Kier molecular flexibility index (Phi) is 4.14. The summed E-state index contributed by atoms with van der Waals surface area (Å²) in [5.41, 5.74) is 2.26. The normalized spacial score (nSPS) is 15.9. The number of carbonyl (C=O) groups excluding carboxylic acids is 2. The van der Waals surface area contributed by atoms with Crippen LogP contribution in [0.4, 0.5) is 5.69 Å². The highest BCUT2D eigenvalue weighted by atomic mass is 32.2. The van der Waals surface area contributed by atoms with Crippen molar-refractivity contribution in [2.24, 2.45) is 0 Å². The quantitative estimate of drug-likeness (QED) is 0.530. The van der Waals surface area contributed by atoms with E-state index in [-0.39, 0.29) is 23.4 Å². The van der Waals surface area contributed by atoms with Gasteiger partial charge in [-0.15, -0.1) is 16.4 Å². The smallest absolute Gasteiger partial charge is 0.231 e. The van der Waals surface area contributed by atoms with Crippen LogP contribution >= 0.6 is 23.1 Å². The van der Waals surface area contributed by atoms with Crippen LogP contribution in [0.15, 0.2) is 40.9 Å². The lowest BCUT2D eigenvalue weighted by atomic mass is 9.99. The van der Waals surface area contributed by atoms with Gasteiger partial charge in [0.15, 0.2) is 11.6 Å². The first kappa shape index (κ1) is 16.0. The minimum atomic E-state index is -0.225. The summed E-state index contributed by atoms with van der Waals surface area (Å²) < 4.78 is 0. The van der Waals surface area contributed by atoms with Gasteiger partial charge in [-0.05, 0) is 42.1 Å². The van der Waals surface area contributed by atoms with E-state index in [9.17, 15) is 9.59 Å². The topological polar surface area (TPSA) is 87.7 Å². The molecular formula is C17H14N4O2S2. The molecule has 0 saturated carbocycles. The van der Waals surface area contributed by atoms with Gasteiger partial charge in [0.2, 0.25) is 11.1 Å². The first-order valence-electron chi connectivity index (χ1n) is 7.69. The Morgan fingerprint density at radius 1 is 1.36 bits per heavy atom. The van der Waals surface area contributed by atoms with Crippen LogP contribution in [0.5, 0.6) is 0 Å². The highest BCUT2D eigenvalue weighted by Gasteiger charge is 2.27. The summed E-state index contributed by atoms with van der Waals surface area (Å²) in [5.74, 6) is 0.686. The molecule has 0 unspecified atom stereocenters. The lowest BCUT2D eigenvalue weighted by molar-refractivity contribution is -0.116. The number of H-pyrrole nitrogens is 1. The van der Waals surface area contributed by atoms with E-state index in [1.165, 1.54) is 11.8 Å². The van der Waals surface area contributed by atoms with E-state index in [2.05, 4.69) is 20.5 Å². The molecule has 1 aliphatic heterocycles. The zero-order chi connectivity index (χ0) is 17.4. The number of rotatable bonds is 5. The number of thioether (sulfide) groups is 1. The summed E-state index contributed by atoms with van der Waals surface area (Å²) in [6.45, 7) is 1.84. The summed E-state index contributed by atoms with van der Waals surface area (Å²) in [4.78, 5) is 29.6. The molecule has 0 bridgehead atoms. The number of aromatic nitrogens is 3. The number of hydrogen-bond acceptors (Lipinski definition) is 6. The van der Waals surface area contributed by atoms with Crippen molar-refractivity contribution < 1.29 is 9.59 Å². The number of aromatic amines is 1. The van der Waals surface area contributed by atoms with E-state index in [0.29, 0.717) is 16.5 Å². The predicted octanol–water partition coefficient (Wildman–Crippen LogP) is 3.56. The van der Waals surface area contributed by atoms with Crippen LogP contribution in [0.1, 0.15) is 28.8 Å². The summed E-state index contributed by atoms with van der Waals surface area (Å²) in [6.07, 6.45) is 0. The van der Waals surface area contributed by atoms with Gasteiger partial charge in [-0.2, -0.15) is 0 Å². The molecule has 1 aromatic carbocycles. The predicted molar refractivity (Wildman–Crippen MR) is 98.2 cm³/mol. The Hall–Kier alpha value is -2.45. The van der Waals surface area contributed by atoms with Crippen LogP contribution in [0.2, 0.25) is 0 Å². The first-order valence-corrected chi connectivity index (χ1v) is 9.55. The molecule has 1 aliphatic rings. The van der Waals surface area contributed by atoms with E-state index >= 15 is 0 Å². The molecule has 3 heterocycles. The molecule has 1 amide bonds. The van der Waals surface area contributed by atoms with Gasteiger partial charge in [0.25, 0.3) is 0 Å². The van der Waals surface area contributed by atoms with E-state index in [4.69, 9.17) is 0 Å². The summed E-state index contributed by atoms with van der Waals surface area (Å²) >= 11 is 2.87. The summed E-state index contributed by atoms with van der Waals surface area (Å²) in [6, 6.07) is 9.25. The van der Waals surface area contributed by atoms with Crippen LogP contribution in [0.3, 0.4) is 0 Å². The van der Waals surface area contributed by atoms with Gasteiger partial charge in [-0.1, -0.05) is 17.8 Å². The summed E-state index contributed by atoms with van der Waals surface area (Å²) in [5, 5.41) is 12.4. The number of anilines is 1. The minimum Gasteiger partial charge on any atom is -0.325 e. The minimum absolute atomic E-state index is 0.0122. The first-order chi connectivity index (χ1) is 12.1. The van der Waals surface area contributed by atoms with Crippen molar-refractivity contribution in [3.63, 3.8) is 0 Å². The van der Waals surface area contributed by atoms with Crippen LogP contribution < -0.4 is 5.32 Å². The lowest BCUT2D eigenvalue weighted by Crippen LogP contribution is -2.08. The van der Waals surface area contributed by atoms with Crippen molar-refractivity contribution in [3.05, 3.63) is 46.8 Å². The highest BCUT2D eigenvalue weighted by molar-refractivity contribution is 7.99. The van der Waals surface area contributed by atoms with Gasteiger partial charge in [0, 0.05) is 11.3 Å². The molecule has 2 aromatic heterocycles. The van der Waals surface area contributed by atoms with Gasteiger partial charge in [-0.3, -0.25) is 14.7 Å². The Balaban J connectivity index is 1.44. The van der Waals surface area contributed by atoms with Crippen molar-refractivity contribution in [1.82, 2.24) is 15.2 Å². The third-order valence-corrected chi connectivity index (χ3v) is 5.77. The number of hydrogen-bond donors (Lipinski definition) is 2. The number of fused-ring (bicyclic) bond motifs is 1. The van der Waals surface area contributed by atoms with Crippen LogP contribution in [-0.2, 0) is 4.79 Å². The largest absolute Gasteiger partial charge is 0.325 e. The highest BCUT2D eigenvalue weighted by Crippen LogP contribution is 2.33. The number of carbonyl (C=O) groups is 2. The van der Waals surface area contributed by atoms with Crippen molar-refractivity contribution in [3.8, 4) is 10.7 Å². The number of benzene rings is 1. The molecule has 0 fully saturated rings. The fraction of sp³-hybridized carbons (Fsp3) is 0.176. The van der Waals surface area contributed by atoms with Crippen molar-refractivity contribution in [2.45, 2.75) is 18.0 Å². The Bertz CT molecular complexity index is 949. The molecule has 2 N–H and O–H groups in total. The maximum Gasteiger partial charge on any atom is 0.231 e. The van der Waals surface area contributed by atoms with Crippen LogP contribution in [0, 0.1) is 0 Å². The maximum atomic E-state index is 12.5. The van der Waals surface area contributed by atoms with Crippen molar-refractivity contribution in [2.75, 3.05) is 11.1 Å². The molecule has 0 aliphatic carbocycles. The number of amides is 1. The maximum absolute atomic E-state index is 12.5. The molecule has 25 heavy (non-hydrogen) atoms. The molecule has 0 saturated heterocycles. The lowest BCUT2D eigenvalue weighted by Gasteiger charge is -2.04. The molecule has 0 radical (unpaired) electrons. The number of thiophene rings is 1. The number of nitrogens with zero attached hydrogens (tertiary/aromatic N) is 2. The van der Waals surface area contributed by atoms with Gasteiger partial charge in [-0.25, -0.2) is 4.98 Å². The molecule has 126 valence electrons. The van der Waals surface area contributed by atoms with E-state index in [0.717, 1.165) is 16.1 Å². The second-order valence-corrected chi connectivity index (χ2v) is 7.56. The standard InChI is InChI=1S/C17H14N4O2S2/c1-9-11-7-10(4-5-12(11)18-16(9)23)13(22)8-25-17-19-15(20-21-17)14-3-2-6-24-14/h2-7,9H,8H2,1H3,(H,18,23)(H,19,20,21)/t9-/m0/s1. The zero-order valence-electron chi connectivity index (χ0n) is 13.3. The summed E-state index contributed by atoms with van der Waals surface area (Å²) in [7, 11) is 0. The number of ketones is 1. The number of Topliss-reactive ketones (excluding diaryl/α,β-unsaturated/α-hetero) is 1. The molecule has 6 nitrogen and oxygen atoms in total. The fourth-order valence-corrected chi connectivity index (χ4v) is 4.00. The van der Waals surface area contributed by atoms with E-state index < -0.39 is 0 Å². The second kappa shape index (κ2) is 6.45. The molecule has 0 spiro atoms. The number of nitrogens with one attached hydrogen (secondary N) is 2. The SMILES string of the molecule is C[C@@H]1C(=O)Nc2ccc(C(=O)CSc3n[nH]c(-c4cccs4)n3)cc21. The van der Waals surface area contributed by atoms with E-state index in [1.807, 2.05) is 24.4 Å². The van der Waals surface area contributed by atoms with E-state index in [1.54, 1.807) is 29.5 Å². The Morgan fingerprint density at radius 2 is 2.24 bits per heavy atom. The monoisotopic (exact) mass is 370 g/mol. The third-order valence-electron chi connectivity index (χ3n) is 4.04. The van der Waals surface area contributed by atoms with Gasteiger partial charge < -0.3 is 5.32 Å².